The van der Waals surface area contributed by atoms with Crippen LogP contribution in [0.3, 0.4) is 0 Å². The van der Waals surface area contributed by atoms with Crippen LogP contribution >= 0.6 is 0 Å². The van der Waals surface area contributed by atoms with Crippen LogP contribution in [-0.4, -0.2) is 43.0 Å². The Labute approximate surface area is 96.9 Å². The Morgan fingerprint density at radius 1 is 1.38 bits per heavy atom. The van der Waals surface area contributed by atoms with E-state index in [0.717, 1.165) is 32.4 Å². The van der Waals surface area contributed by atoms with Gasteiger partial charge in [0, 0.05) is 12.1 Å². The van der Waals surface area contributed by atoms with Gasteiger partial charge in [0.15, 0.2) is 0 Å². The summed E-state index contributed by atoms with van der Waals surface area (Å²) in [5.41, 5.74) is 5.74. The molecule has 1 amide bonds. The molecule has 0 saturated carbocycles. The van der Waals surface area contributed by atoms with E-state index in [1.165, 1.54) is 0 Å². The molecule has 2 atom stereocenters. The summed E-state index contributed by atoms with van der Waals surface area (Å²) in [6, 6.07) is 0.419. The largest absolute Gasteiger partial charge is 0.353 e. The van der Waals surface area contributed by atoms with Crippen LogP contribution in [0.2, 0.25) is 0 Å². The predicted molar refractivity (Wildman–Crippen MR) is 63.9 cm³/mol. The van der Waals surface area contributed by atoms with Crippen molar-refractivity contribution in [3.8, 4) is 0 Å². The van der Waals surface area contributed by atoms with Crippen LogP contribution in [-0.2, 0) is 4.79 Å². The molecule has 0 radical (unpaired) electrons. The molecule has 0 aromatic rings. The average Bonchev–Trinajstić information content (AvgIpc) is 2.68. The summed E-state index contributed by atoms with van der Waals surface area (Å²) in [7, 11) is 2.12. The normalized spacial score (nSPS) is 31.9. The third-order valence-corrected chi connectivity index (χ3v) is 3.52. The first-order valence-corrected chi connectivity index (χ1v) is 6.08. The van der Waals surface area contributed by atoms with Crippen LogP contribution in [0.1, 0.15) is 19.3 Å². The number of nitrogens with one attached hydrogen (secondary N) is 1. The first kappa shape index (κ1) is 11.6. The minimum atomic E-state index is -0.00495. The number of amides is 1. The number of likely N-dealkylation sites (tertiary alicyclic amines) is 1. The molecule has 1 saturated heterocycles. The van der Waals surface area contributed by atoms with Crippen LogP contribution in [0.15, 0.2) is 12.2 Å². The van der Waals surface area contributed by atoms with E-state index in [9.17, 15) is 4.79 Å². The monoisotopic (exact) mass is 223 g/mol. The van der Waals surface area contributed by atoms with Gasteiger partial charge in [-0.2, -0.15) is 0 Å². The molecule has 1 aliphatic carbocycles. The summed E-state index contributed by atoms with van der Waals surface area (Å²) in [6.07, 6.45) is 6.75. The number of nitrogens with zero attached hydrogens (tertiary/aromatic N) is 1. The number of carbonyl (C=O) groups is 1. The molecule has 16 heavy (non-hydrogen) atoms. The summed E-state index contributed by atoms with van der Waals surface area (Å²) in [5.74, 6) is 0.147. The van der Waals surface area contributed by atoms with Crippen molar-refractivity contribution in [3.63, 3.8) is 0 Å². The summed E-state index contributed by atoms with van der Waals surface area (Å²) in [4.78, 5) is 14.2. The van der Waals surface area contributed by atoms with Crippen molar-refractivity contribution in [1.29, 1.82) is 0 Å². The Morgan fingerprint density at radius 2 is 2.06 bits per heavy atom. The highest BCUT2D eigenvalue weighted by Crippen LogP contribution is 2.17. The number of nitrogens with two attached hydrogens (primary N) is 1. The smallest absolute Gasteiger partial charge is 0.227 e. The molecule has 2 unspecified atom stereocenters. The van der Waals surface area contributed by atoms with Gasteiger partial charge >= 0.3 is 0 Å². The summed E-state index contributed by atoms with van der Waals surface area (Å²) in [5, 5.41) is 3.13. The van der Waals surface area contributed by atoms with Crippen LogP contribution in [0.5, 0.6) is 0 Å². The third kappa shape index (κ3) is 2.83. The fraction of sp³-hybridized carbons (Fsp3) is 0.750. The fourth-order valence-corrected chi connectivity index (χ4v) is 2.38. The Morgan fingerprint density at radius 3 is 2.62 bits per heavy atom. The highest BCUT2D eigenvalue weighted by molar-refractivity contribution is 5.81. The standard InChI is InChI=1S/C12H21N3O/c1-15-6-4-11(5-7-15)14-12(16)9-2-3-10(13)8-9/h2-3,9-11H,4-8,13H2,1H3,(H,14,16). The number of carbonyl (C=O) groups excluding carboxylic acids is 1. The summed E-state index contributed by atoms with van der Waals surface area (Å²) >= 11 is 0. The SMILES string of the molecule is CN1CCC(NC(=O)C2C=CC(N)C2)CC1. The molecule has 1 heterocycles. The van der Waals surface area contributed by atoms with E-state index in [1.807, 2.05) is 12.2 Å². The lowest BCUT2D eigenvalue weighted by molar-refractivity contribution is -0.124. The van der Waals surface area contributed by atoms with Gasteiger partial charge in [0.1, 0.15) is 0 Å². The van der Waals surface area contributed by atoms with Crippen LogP contribution in [0.4, 0.5) is 0 Å². The van der Waals surface area contributed by atoms with E-state index >= 15 is 0 Å². The summed E-state index contributed by atoms with van der Waals surface area (Å²) < 4.78 is 0. The zero-order valence-corrected chi connectivity index (χ0v) is 9.86. The lowest BCUT2D eigenvalue weighted by Crippen LogP contribution is -2.45. The highest BCUT2D eigenvalue weighted by atomic mass is 16.1. The molecule has 1 aliphatic heterocycles. The molecule has 4 heteroatoms. The molecule has 90 valence electrons. The van der Waals surface area contributed by atoms with Crippen molar-refractivity contribution >= 4 is 5.91 Å². The number of hydrogen-bond acceptors (Lipinski definition) is 3. The van der Waals surface area contributed by atoms with Crippen LogP contribution in [0, 0.1) is 5.92 Å². The van der Waals surface area contributed by atoms with Crippen molar-refractivity contribution in [2.45, 2.75) is 31.3 Å². The molecule has 4 nitrogen and oxygen atoms in total. The van der Waals surface area contributed by atoms with E-state index in [4.69, 9.17) is 5.73 Å². The zero-order chi connectivity index (χ0) is 11.5. The van der Waals surface area contributed by atoms with Gasteiger partial charge in [-0.3, -0.25) is 4.79 Å². The van der Waals surface area contributed by atoms with Crippen molar-refractivity contribution in [2.24, 2.45) is 11.7 Å². The molecule has 0 aromatic heterocycles. The van der Waals surface area contributed by atoms with Gasteiger partial charge < -0.3 is 16.0 Å². The van der Waals surface area contributed by atoms with Crippen LogP contribution < -0.4 is 11.1 Å². The minimum absolute atomic E-state index is 0.00495. The molecular formula is C12H21N3O. The van der Waals surface area contributed by atoms with Crippen molar-refractivity contribution in [2.75, 3.05) is 20.1 Å². The fourth-order valence-electron chi connectivity index (χ4n) is 2.38. The average molecular weight is 223 g/mol. The van der Waals surface area contributed by atoms with Gasteiger partial charge in [0.2, 0.25) is 5.91 Å². The molecule has 1 fully saturated rings. The van der Waals surface area contributed by atoms with Gasteiger partial charge in [-0.05, 0) is 39.4 Å². The van der Waals surface area contributed by atoms with E-state index < -0.39 is 0 Å². The molecule has 0 aromatic carbocycles. The van der Waals surface area contributed by atoms with Crippen LogP contribution in [0.25, 0.3) is 0 Å². The topological polar surface area (TPSA) is 58.4 Å². The van der Waals surface area contributed by atoms with E-state index in [-0.39, 0.29) is 17.9 Å². The number of rotatable bonds is 2. The van der Waals surface area contributed by atoms with Gasteiger partial charge in [-0.15, -0.1) is 0 Å². The van der Waals surface area contributed by atoms with E-state index in [2.05, 4.69) is 17.3 Å². The maximum absolute atomic E-state index is 11.9. The molecular weight excluding hydrogens is 202 g/mol. The maximum atomic E-state index is 11.9. The van der Waals surface area contributed by atoms with Crippen molar-refractivity contribution in [1.82, 2.24) is 10.2 Å². The molecule has 2 aliphatic rings. The van der Waals surface area contributed by atoms with Gasteiger partial charge in [-0.1, -0.05) is 12.2 Å². The molecule has 0 bridgehead atoms. The van der Waals surface area contributed by atoms with E-state index in [1.54, 1.807) is 0 Å². The quantitative estimate of drug-likeness (QED) is 0.653. The predicted octanol–water partition coefficient (Wildman–Crippen LogP) is 0.100. The second-order valence-electron chi connectivity index (χ2n) is 4.98. The van der Waals surface area contributed by atoms with Gasteiger partial charge in [0.25, 0.3) is 0 Å². The molecule has 2 rings (SSSR count). The molecule has 3 N–H and O–H groups in total. The highest BCUT2D eigenvalue weighted by Gasteiger charge is 2.25. The zero-order valence-electron chi connectivity index (χ0n) is 9.86. The Balaban J connectivity index is 1.77. The lowest BCUT2D eigenvalue weighted by Gasteiger charge is -2.30. The van der Waals surface area contributed by atoms with E-state index in [0.29, 0.717) is 6.04 Å². The Kier molecular flexibility index (Phi) is 3.61. The first-order chi connectivity index (χ1) is 7.65. The lowest BCUT2D eigenvalue weighted by atomic mass is 10.0. The van der Waals surface area contributed by atoms with Gasteiger partial charge in [-0.25, -0.2) is 0 Å². The Bertz CT molecular complexity index is 282. The van der Waals surface area contributed by atoms with Crippen molar-refractivity contribution < 1.29 is 4.79 Å². The van der Waals surface area contributed by atoms with Gasteiger partial charge in [0.05, 0.1) is 5.92 Å². The maximum Gasteiger partial charge on any atom is 0.227 e. The minimum Gasteiger partial charge on any atom is -0.353 e. The third-order valence-electron chi connectivity index (χ3n) is 3.52. The first-order valence-electron chi connectivity index (χ1n) is 6.08. The second kappa shape index (κ2) is 4.97. The molecule has 0 spiro atoms. The number of piperidine rings is 1. The van der Waals surface area contributed by atoms with Crippen molar-refractivity contribution in [3.05, 3.63) is 12.2 Å². The number of hydrogen-bond donors (Lipinski definition) is 2. The summed E-state index contributed by atoms with van der Waals surface area (Å²) in [6.45, 7) is 2.15. The Hall–Kier alpha value is -0.870. The second-order valence-corrected chi connectivity index (χ2v) is 4.98.